The van der Waals surface area contributed by atoms with E-state index in [1.54, 1.807) is 0 Å². The molecule has 1 aromatic rings. The molecule has 0 aliphatic heterocycles. The lowest BCUT2D eigenvalue weighted by Gasteiger charge is -2.04. The minimum atomic E-state index is -0.0984. The molecule has 0 spiro atoms. The van der Waals surface area contributed by atoms with E-state index in [4.69, 9.17) is 16.3 Å². The fourth-order valence-electron chi connectivity index (χ4n) is 0.929. The minimum absolute atomic E-state index is 0.00988. The maximum atomic E-state index is 10.8. The van der Waals surface area contributed by atoms with Crippen LogP contribution in [0.15, 0.2) is 28.7 Å². The van der Waals surface area contributed by atoms with Crippen molar-refractivity contribution in [3.63, 3.8) is 0 Å². The van der Waals surface area contributed by atoms with Gasteiger partial charge < -0.3 is 4.74 Å². The molecule has 76 valence electrons. The summed E-state index contributed by atoms with van der Waals surface area (Å²) < 4.78 is 6.17. The number of rotatable bonds is 5. The Morgan fingerprint density at radius 3 is 2.79 bits per heavy atom. The predicted octanol–water partition coefficient (Wildman–Crippen LogP) is 2.77. The van der Waals surface area contributed by atoms with Crippen LogP contribution < -0.4 is 0 Å². The number of ketones is 1. The average Bonchev–Trinajstić information content (AvgIpc) is 2.20. The van der Waals surface area contributed by atoms with Crippen molar-refractivity contribution < 1.29 is 9.53 Å². The third kappa shape index (κ3) is 3.78. The van der Waals surface area contributed by atoms with E-state index >= 15 is 0 Å². The van der Waals surface area contributed by atoms with Crippen LogP contribution in [0.1, 0.15) is 5.56 Å². The third-order valence-electron chi connectivity index (χ3n) is 1.63. The predicted molar refractivity (Wildman–Crippen MR) is 59.5 cm³/mol. The first-order chi connectivity index (χ1) is 6.74. The second kappa shape index (κ2) is 6.17. The Hall–Kier alpha value is -0.380. The summed E-state index contributed by atoms with van der Waals surface area (Å²) in [6, 6.07) is 7.72. The van der Waals surface area contributed by atoms with Gasteiger partial charge in [-0.1, -0.05) is 34.1 Å². The topological polar surface area (TPSA) is 26.3 Å². The Morgan fingerprint density at radius 2 is 2.14 bits per heavy atom. The molecule has 0 unspecified atom stereocenters. The van der Waals surface area contributed by atoms with Crippen molar-refractivity contribution in [3.05, 3.63) is 34.3 Å². The van der Waals surface area contributed by atoms with Crippen molar-refractivity contribution >= 4 is 33.3 Å². The molecule has 0 saturated heterocycles. The number of carbonyl (C=O) groups excluding carboxylic acids is 1. The monoisotopic (exact) mass is 276 g/mol. The van der Waals surface area contributed by atoms with Gasteiger partial charge in [0.1, 0.15) is 6.61 Å². The second-order valence-corrected chi connectivity index (χ2v) is 3.88. The fraction of sp³-hybridized carbons (Fsp3) is 0.300. The van der Waals surface area contributed by atoms with E-state index in [0.717, 1.165) is 10.0 Å². The van der Waals surface area contributed by atoms with Crippen molar-refractivity contribution in [2.45, 2.75) is 6.61 Å². The molecule has 2 nitrogen and oxygen atoms in total. The van der Waals surface area contributed by atoms with E-state index in [2.05, 4.69) is 15.9 Å². The molecule has 0 bridgehead atoms. The van der Waals surface area contributed by atoms with Gasteiger partial charge in [-0.15, -0.1) is 11.6 Å². The number of Topliss-reactive ketones (excluding diaryl/α,β-unsaturated/α-hetero) is 1. The largest absolute Gasteiger partial charge is 0.369 e. The number of hydrogen-bond acceptors (Lipinski definition) is 2. The Morgan fingerprint density at radius 1 is 1.43 bits per heavy atom. The average molecular weight is 278 g/mol. The first kappa shape index (κ1) is 11.7. The molecule has 0 aliphatic carbocycles. The third-order valence-corrected chi connectivity index (χ3v) is 2.70. The van der Waals surface area contributed by atoms with E-state index < -0.39 is 0 Å². The molecule has 0 aromatic heterocycles. The lowest BCUT2D eigenvalue weighted by Crippen LogP contribution is -2.09. The molecule has 0 saturated carbocycles. The number of hydrogen-bond donors (Lipinski definition) is 0. The summed E-state index contributed by atoms with van der Waals surface area (Å²) in [4.78, 5) is 10.8. The van der Waals surface area contributed by atoms with Crippen LogP contribution in [0.4, 0.5) is 0 Å². The zero-order valence-electron chi connectivity index (χ0n) is 7.50. The van der Waals surface area contributed by atoms with Gasteiger partial charge in [0.05, 0.1) is 12.5 Å². The summed E-state index contributed by atoms with van der Waals surface area (Å²) in [6.07, 6.45) is 0. The molecule has 0 fully saturated rings. The Balaban J connectivity index is 2.39. The zero-order valence-corrected chi connectivity index (χ0v) is 9.85. The summed E-state index contributed by atoms with van der Waals surface area (Å²) in [6.45, 7) is 0.495. The van der Waals surface area contributed by atoms with Crippen LogP contribution in [-0.4, -0.2) is 18.3 Å². The number of benzene rings is 1. The zero-order chi connectivity index (χ0) is 10.4. The standard InChI is InChI=1S/C10H10BrClO2/c11-10-4-2-1-3-8(10)6-14-7-9(13)5-12/h1-4H,5-7H2. The van der Waals surface area contributed by atoms with Gasteiger partial charge in [-0.3, -0.25) is 4.79 Å². The van der Waals surface area contributed by atoms with Crippen LogP contribution in [0.3, 0.4) is 0 Å². The van der Waals surface area contributed by atoms with Crippen molar-refractivity contribution in [2.24, 2.45) is 0 Å². The molecule has 0 amide bonds. The molecule has 0 aliphatic rings. The number of ether oxygens (including phenoxy) is 1. The number of halogens is 2. The highest BCUT2D eigenvalue weighted by Crippen LogP contribution is 2.16. The fourth-order valence-corrected chi connectivity index (χ4v) is 1.41. The van der Waals surface area contributed by atoms with Crippen molar-refractivity contribution in [3.8, 4) is 0 Å². The molecule has 0 heterocycles. The van der Waals surface area contributed by atoms with Crippen LogP contribution in [0.25, 0.3) is 0 Å². The molecule has 14 heavy (non-hydrogen) atoms. The highest BCUT2D eigenvalue weighted by atomic mass is 79.9. The Kier molecular flexibility index (Phi) is 5.15. The minimum Gasteiger partial charge on any atom is -0.369 e. The summed E-state index contributed by atoms with van der Waals surface area (Å²) in [7, 11) is 0. The van der Waals surface area contributed by atoms with Gasteiger partial charge in [0.25, 0.3) is 0 Å². The van der Waals surface area contributed by atoms with Crippen LogP contribution in [0.5, 0.6) is 0 Å². The molecular formula is C10H10BrClO2. The first-order valence-electron chi connectivity index (χ1n) is 4.13. The molecule has 4 heteroatoms. The SMILES string of the molecule is O=C(CCl)COCc1ccccc1Br. The number of carbonyl (C=O) groups is 1. The molecule has 1 rings (SSSR count). The van der Waals surface area contributed by atoms with Gasteiger partial charge in [-0.25, -0.2) is 0 Å². The van der Waals surface area contributed by atoms with Crippen molar-refractivity contribution in [1.82, 2.24) is 0 Å². The van der Waals surface area contributed by atoms with Crippen LogP contribution in [0.2, 0.25) is 0 Å². The van der Waals surface area contributed by atoms with Gasteiger partial charge in [-0.2, -0.15) is 0 Å². The molecular weight excluding hydrogens is 267 g/mol. The number of alkyl halides is 1. The summed E-state index contributed by atoms with van der Waals surface area (Å²) >= 11 is 8.72. The smallest absolute Gasteiger partial charge is 0.173 e. The van der Waals surface area contributed by atoms with Crippen LogP contribution >= 0.6 is 27.5 Å². The van der Waals surface area contributed by atoms with Crippen molar-refractivity contribution in [2.75, 3.05) is 12.5 Å². The van der Waals surface area contributed by atoms with Gasteiger partial charge >= 0.3 is 0 Å². The van der Waals surface area contributed by atoms with Crippen molar-refractivity contribution in [1.29, 1.82) is 0 Å². The van der Waals surface area contributed by atoms with E-state index in [1.165, 1.54) is 0 Å². The van der Waals surface area contributed by atoms with E-state index in [1.807, 2.05) is 24.3 Å². The van der Waals surface area contributed by atoms with Gasteiger partial charge in [0.15, 0.2) is 5.78 Å². The quantitative estimate of drug-likeness (QED) is 0.774. The second-order valence-electron chi connectivity index (χ2n) is 2.76. The normalized spacial score (nSPS) is 10.1. The summed E-state index contributed by atoms with van der Waals surface area (Å²) in [5.74, 6) is -0.0885. The summed E-state index contributed by atoms with van der Waals surface area (Å²) in [5, 5.41) is 0. The maximum absolute atomic E-state index is 10.8. The van der Waals surface area contributed by atoms with Gasteiger partial charge in [0.2, 0.25) is 0 Å². The molecule has 1 aromatic carbocycles. The van der Waals surface area contributed by atoms with Crippen LogP contribution in [-0.2, 0) is 16.1 Å². The van der Waals surface area contributed by atoms with E-state index in [0.29, 0.717) is 6.61 Å². The van der Waals surface area contributed by atoms with Gasteiger partial charge in [0, 0.05) is 4.47 Å². The lowest BCUT2D eigenvalue weighted by atomic mass is 10.2. The van der Waals surface area contributed by atoms with E-state index in [9.17, 15) is 4.79 Å². The molecule has 0 radical (unpaired) electrons. The lowest BCUT2D eigenvalue weighted by molar-refractivity contribution is -0.121. The summed E-state index contributed by atoms with van der Waals surface area (Å²) in [5.41, 5.74) is 1.02. The van der Waals surface area contributed by atoms with Gasteiger partial charge in [-0.05, 0) is 11.6 Å². The Labute approximate surface area is 96.3 Å². The Bertz CT molecular complexity index is 315. The molecule has 0 atom stereocenters. The molecule has 0 N–H and O–H groups in total. The van der Waals surface area contributed by atoms with Crippen LogP contribution in [0, 0.1) is 0 Å². The van der Waals surface area contributed by atoms with E-state index in [-0.39, 0.29) is 18.3 Å². The highest BCUT2D eigenvalue weighted by molar-refractivity contribution is 9.10. The first-order valence-corrected chi connectivity index (χ1v) is 5.45. The highest BCUT2D eigenvalue weighted by Gasteiger charge is 2.01. The maximum Gasteiger partial charge on any atom is 0.173 e.